The number of Topliss-reactive ketones (excluding diaryl/α,β-unsaturated/α-hetero) is 1. The van der Waals surface area contributed by atoms with Gasteiger partial charge in [-0.3, -0.25) is 9.59 Å². The van der Waals surface area contributed by atoms with E-state index in [4.69, 9.17) is 16.3 Å². The van der Waals surface area contributed by atoms with Gasteiger partial charge in [0.2, 0.25) is 0 Å². The lowest BCUT2D eigenvalue weighted by molar-refractivity contribution is -0.116. The number of unbranched alkanes of at least 4 members (excludes halogenated alkanes) is 4. The third kappa shape index (κ3) is 10.8. The zero-order valence-electron chi connectivity index (χ0n) is 20.3. The van der Waals surface area contributed by atoms with Crippen LogP contribution in [0.15, 0.2) is 33.1 Å². The average Bonchev–Trinajstić information content (AvgIpc) is 2.84. The number of hydrogen-bond donors (Lipinski definition) is 2. The van der Waals surface area contributed by atoms with Crippen LogP contribution in [0, 0.1) is 27.6 Å². The van der Waals surface area contributed by atoms with E-state index in [1.54, 1.807) is 6.92 Å². The summed E-state index contributed by atoms with van der Waals surface area (Å²) in [6.07, 6.45) is 15.2. The molecule has 0 aromatic carbocycles. The van der Waals surface area contributed by atoms with Crippen molar-refractivity contribution in [1.29, 1.82) is 10.8 Å². The summed E-state index contributed by atoms with van der Waals surface area (Å²) in [6.45, 7) is 1.85. The Bertz CT molecular complexity index is 827. The summed E-state index contributed by atoms with van der Waals surface area (Å²) in [5, 5.41) is 21.6. The number of carbonyl (C=O) groups excluding carboxylic acids is 2. The lowest BCUT2D eigenvalue weighted by Crippen LogP contribution is -2.20. The van der Waals surface area contributed by atoms with Crippen molar-refractivity contribution in [3.8, 4) is 0 Å². The molecule has 1 rings (SSSR count). The van der Waals surface area contributed by atoms with E-state index in [9.17, 15) is 14.5 Å². The summed E-state index contributed by atoms with van der Waals surface area (Å²) >= 11 is 0. The van der Waals surface area contributed by atoms with Gasteiger partial charge in [0.25, 0.3) is 0 Å². The minimum atomic E-state index is -0.185. The minimum Gasteiger partial charge on any atom is -0.313 e. The molecule has 0 heterocycles. The van der Waals surface area contributed by atoms with Crippen molar-refractivity contribution >= 4 is 24.0 Å². The van der Waals surface area contributed by atoms with Crippen LogP contribution in [-0.4, -0.2) is 37.1 Å². The Morgan fingerprint density at radius 3 is 2.12 bits per heavy atom. The molecule has 1 aliphatic rings. The average molecular weight is 471 g/mol. The first-order valence-corrected chi connectivity index (χ1v) is 12.3. The standard InChI is InChI=1S/C25H38N6O3/c1-19-23(18-29-31-28)25(33)22(15-24(19)32)13-5-3-2-4-9-20(16-26)11-8-12-21(17-27)10-6-7-14-30-34/h15-17,20-21,26-27H,2-14,18H2,1H3. The van der Waals surface area contributed by atoms with Gasteiger partial charge in [0, 0.05) is 21.6 Å². The Balaban J connectivity index is 2.26. The molecule has 34 heavy (non-hydrogen) atoms. The van der Waals surface area contributed by atoms with Gasteiger partial charge in [-0.1, -0.05) is 42.4 Å². The van der Waals surface area contributed by atoms with Crippen molar-refractivity contribution in [3.63, 3.8) is 0 Å². The molecule has 1 aliphatic carbocycles. The van der Waals surface area contributed by atoms with E-state index in [-0.39, 0.29) is 29.9 Å². The predicted octanol–water partition coefficient (Wildman–Crippen LogP) is 6.67. The number of ketones is 2. The van der Waals surface area contributed by atoms with Crippen LogP contribution in [0.2, 0.25) is 0 Å². The quantitative estimate of drug-likeness (QED) is 0.0387. The monoisotopic (exact) mass is 470 g/mol. The van der Waals surface area contributed by atoms with Gasteiger partial charge in [0.1, 0.15) is 0 Å². The second kappa shape index (κ2) is 17.5. The van der Waals surface area contributed by atoms with Gasteiger partial charge >= 0.3 is 0 Å². The van der Waals surface area contributed by atoms with E-state index in [1.807, 2.05) is 0 Å². The normalized spacial score (nSPS) is 15.4. The number of nitroso groups, excluding NO2 is 1. The SMILES string of the molecule is CC1=C(CN=[N+]=[N-])C(=O)C(CCCCCCC(C=N)CCCC(C=N)CCCCN=O)=CC1=O. The van der Waals surface area contributed by atoms with Crippen molar-refractivity contribution in [2.45, 2.75) is 84.0 Å². The van der Waals surface area contributed by atoms with Crippen LogP contribution < -0.4 is 0 Å². The van der Waals surface area contributed by atoms with E-state index in [0.717, 1.165) is 70.6 Å². The summed E-state index contributed by atoms with van der Waals surface area (Å²) in [5.41, 5.74) is 9.67. The highest BCUT2D eigenvalue weighted by Gasteiger charge is 2.24. The fourth-order valence-electron chi connectivity index (χ4n) is 4.25. The highest BCUT2D eigenvalue weighted by Crippen LogP contribution is 2.24. The second-order valence-electron chi connectivity index (χ2n) is 8.94. The maximum Gasteiger partial charge on any atom is 0.185 e. The second-order valence-corrected chi connectivity index (χ2v) is 8.94. The van der Waals surface area contributed by atoms with Crippen LogP contribution in [-0.2, 0) is 9.59 Å². The third-order valence-corrected chi connectivity index (χ3v) is 6.45. The van der Waals surface area contributed by atoms with Crippen LogP contribution in [0.3, 0.4) is 0 Å². The Hall–Kier alpha value is -2.93. The van der Waals surface area contributed by atoms with Gasteiger partial charge in [-0.25, -0.2) is 0 Å². The molecular weight excluding hydrogens is 432 g/mol. The molecule has 0 aromatic rings. The first-order valence-electron chi connectivity index (χ1n) is 12.3. The van der Waals surface area contributed by atoms with E-state index in [0.29, 0.717) is 29.7 Å². The van der Waals surface area contributed by atoms with Crippen LogP contribution >= 0.6 is 0 Å². The highest BCUT2D eigenvalue weighted by molar-refractivity contribution is 6.22. The van der Waals surface area contributed by atoms with Gasteiger partial charge in [0.15, 0.2) is 11.6 Å². The Morgan fingerprint density at radius 1 is 0.941 bits per heavy atom. The molecule has 0 saturated heterocycles. The highest BCUT2D eigenvalue weighted by atomic mass is 16.3. The largest absolute Gasteiger partial charge is 0.313 e. The summed E-state index contributed by atoms with van der Waals surface area (Å²) in [7, 11) is 0. The van der Waals surface area contributed by atoms with E-state index < -0.39 is 0 Å². The molecule has 2 unspecified atom stereocenters. The predicted molar refractivity (Wildman–Crippen MR) is 135 cm³/mol. The van der Waals surface area contributed by atoms with Crippen molar-refractivity contribution in [2.75, 3.05) is 13.1 Å². The molecule has 0 aromatic heterocycles. The summed E-state index contributed by atoms with van der Waals surface area (Å²) in [4.78, 5) is 37.5. The minimum absolute atomic E-state index is 0.0898. The van der Waals surface area contributed by atoms with Crippen molar-refractivity contribution in [2.24, 2.45) is 22.1 Å². The Labute approximate surface area is 202 Å². The number of nitrogens with zero attached hydrogens (tertiary/aromatic N) is 4. The van der Waals surface area contributed by atoms with Crippen molar-refractivity contribution in [1.82, 2.24) is 0 Å². The number of azide groups is 1. The first-order chi connectivity index (χ1) is 16.5. The van der Waals surface area contributed by atoms with Gasteiger partial charge in [-0.15, -0.1) is 0 Å². The van der Waals surface area contributed by atoms with Gasteiger partial charge in [-0.2, -0.15) is 4.91 Å². The maximum atomic E-state index is 12.6. The van der Waals surface area contributed by atoms with Gasteiger partial charge in [0.05, 0.1) is 13.1 Å². The summed E-state index contributed by atoms with van der Waals surface area (Å²) in [5.74, 6) is 0.127. The molecule has 2 atom stereocenters. The number of hydrogen-bond acceptors (Lipinski definition) is 7. The zero-order valence-corrected chi connectivity index (χ0v) is 20.3. The van der Waals surface area contributed by atoms with Crippen LogP contribution in [0.5, 0.6) is 0 Å². The van der Waals surface area contributed by atoms with E-state index in [1.165, 1.54) is 18.5 Å². The summed E-state index contributed by atoms with van der Waals surface area (Å²) < 4.78 is 0. The van der Waals surface area contributed by atoms with Gasteiger partial charge in [-0.05, 0) is 87.7 Å². The molecule has 9 heteroatoms. The molecular formula is C25H38N6O3. The molecule has 0 spiro atoms. The Morgan fingerprint density at radius 2 is 1.53 bits per heavy atom. The van der Waals surface area contributed by atoms with Crippen LogP contribution in [0.4, 0.5) is 0 Å². The van der Waals surface area contributed by atoms with Crippen LogP contribution in [0.1, 0.15) is 84.0 Å². The lowest BCUT2D eigenvalue weighted by Gasteiger charge is -2.16. The maximum absolute atomic E-state index is 12.6. The fraction of sp³-hybridized carbons (Fsp3) is 0.680. The third-order valence-electron chi connectivity index (χ3n) is 6.45. The Kier molecular flexibility index (Phi) is 15.0. The topological polar surface area (TPSA) is 160 Å². The lowest BCUT2D eigenvalue weighted by atomic mass is 9.87. The molecule has 0 radical (unpaired) electrons. The molecule has 9 nitrogen and oxygen atoms in total. The number of carbonyl (C=O) groups is 2. The number of rotatable bonds is 20. The molecule has 2 N–H and O–H groups in total. The first kappa shape index (κ1) is 29.1. The zero-order chi connectivity index (χ0) is 25.2. The fourth-order valence-corrected chi connectivity index (χ4v) is 4.25. The number of nitrogens with one attached hydrogen (secondary N) is 2. The molecule has 186 valence electrons. The van der Waals surface area contributed by atoms with Crippen molar-refractivity contribution in [3.05, 3.63) is 38.1 Å². The van der Waals surface area contributed by atoms with E-state index in [2.05, 4.69) is 15.2 Å². The summed E-state index contributed by atoms with van der Waals surface area (Å²) in [6, 6.07) is 0. The smallest absolute Gasteiger partial charge is 0.185 e. The van der Waals surface area contributed by atoms with Crippen molar-refractivity contribution < 1.29 is 9.59 Å². The molecule has 0 saturated carbocycles. The molecule has 0 amide bonds. The van der Waals surface area contributed by atoms with Crippen LogP contribution in [0.25, 0.3) is 10.4 Å². The molecule has 0 bridgehead atoms. The molecule has 0 fully saturated rings. The van der Waals surface area contributed by atoms with Gasteiger partial charge < -0.3 is 10.8 Å². The molecule has 0 aliphatic heterocycles. The number of allylic oxidation sites excluding steroid dienone is 3. The van der Waals surface area contributed by atoms with E-state index >= 15 is 0 Å².